The first-order valence-electron chi connectivity index (χ1n) is 7.21. The fourth-order valence-electron chi connectivity index (χ4n) is 2.83. The molecule has 1 saturated carbocycles. The van der Waals surface area contributed by atoms with E-state index in [4.69, 9.17) is 5.73 Å². The average molecular weight is 298 g/mol. The maximum atomic E-state index is 12.2. The zero-order valence-electron chi connectivity index (χ0n) is 12.0. The molecule has 0 bridgehead atoms. The Morgan fingerprint density at radius 3 is 2.70 bits per heavy atom. The molecule has 0 aliphatic heterocycles. The van der Waals surface area contributed by atoms with E-state index in [-0.39, 0.29) is 24.2 Å². The van der Waals surface area contributed by atoms with Gasteiger partial charge < -0.3 is 11.1 Å². The van der Waals surface area contributed by atoms with Gasteiger partial charge in [-0.2, -0.15) is 0 Å². The number of halogens is 1. The SMILES string of the molecule is CCC(CC1CCCC1)C(=O)Nc1ccc(N)nc1.Cl. The van der Waals surface area contributed by atoms with Crippen LogP contribution in [-0.2, 0) is 4.79 Å². The molecule has 0 radical (unpaired) electrons. The second-order valence-electron chi connectivity index (χ2n) is 5.45. The van der Waals surface area contributed by atoms with Crippen LogP contribution in [0.25, 0.3) is 0 Å². The average Bonchev–Trinajstić information content (AvgIpc) is 2.91. The molecule has 4 nitrogen and oxygen atoms in total. The number of pyridine rings is 1. The van der Waals surface area contributed by atoms with Gasteiger partial charge in [-0.1, -0.05) is 32.6 Å². The van der Waals surface area contributed by atoms with Crippen molar-refractivity contribution in [3.05, 3.63) is 18.3 Å². The van der Waals surface area contributed by atoms with Crippen molar-refractivity contribution >= 4 is 29.8 Å². The summed E-state index contributed by atoms with van der Waals surface area (Å²) in [6.45, 7) is 2.08. The normalized spacial score (nSPS) is 16.4. The molecule has 5 heteroatoms. The van der Waals surface area contributed by atoms with Crippen molar-refractivity contribution < 1.29 is 4.79 Å². The van der Waals surface area contributed by atoms with E-state index >= 15 is 0 Å². The van der Waals surface area contributed by atoms with Crippen molar-refractivity contribution in [2.75, 3.05) is 11.1 Å². The van der Waals surface area contributed by atoms with Crippen molar-refractivity contribution in [1.29, 1.82) is 0 Å². The largest absolute Gasteiger partial charge is 0.384 e. The van der Waals surface area contributed by atoms with Crippen LogP contribution < -0.4 is 11.1 Å². The molecule has 0 spiro atoms. The number of hydrogen-bond acceptors (Lipinski definition) is 3. The number of carbonyl (C=O) groups is 1. The summed E-state index contributed by atoms with van der Waals surface area (Å²) in [4.78, 5) is 16.2. The lowest BCUT2D eigenvalue weighted by atomic mass is 9.91. The molecule has 0 aromatic carbocycles. The highest BCUT2D eigenvalue weighted by Crippen LogP contribution is 2.31. The van der Waals surface area contributed by atoms with Crippen LogP contribution in [-0.4, -0.2) is 10.9 Å². The number of nitrogens with one attached hydrogen (secondary N) is 1. The fraction of sp³-hybridized carbons (Fsp3) is 0.600. The maximum absolute atomic E-state index is 12.2. The Balaban J connectivity index is 0.00000200. The zero-order valence-corrected chi connectivity index (χ0v) is 12.8. The Labute approximate surface area is 126 Å². The second kappa shape index (κ2) is 8.10. The molecule has 20 heavy (non-hydrogen) atoms. The number of amides is 1. The van der Waals surface area contributed by atoms with Crippen LogP contribution in [0.15, 0.2) is 18.3 Å². The number of nitrogens with zero attached hydrogens (tertiary/aromatic N) is 1. The molecule has 1 unspecified atom stereocenters. The van der Waals surface area contributed by atoms with Crippen LogP contribution in [0.4, 0.5) is 11.5 Å². The van der Waals surface area contributed by atoms with Crippen LogP contribution in [0.3, 0.4) is 0 Å². The molecule has 3 N–H and O–H groups in total. The minimum atomic E-state index is 0. The maximum Gasteiger partial charge on any atom is 0.227 e. The van der Waals surface area contributed by atoms with Gasteiger partial charge in [0.1, 0.15) is 5.82 Å². The number of nitrogen functional groups attached to an aromatic ring is 1. The second-order valence-corrected chi connectivity index (χ2v) is 5.45. The van der Waals surface area contributed by atoms with Gasteiger partial charge in [0.2, 0.25) is 5.91 Å². The Morgan fingerprint density at radius 1 is 1.45 bits per heavy atom. The summed E-state index contributed by atoms with van der Waals surface area (Å²) < 4.78 is 0. The molecular weight excluding hydrogens is 274 g/mol. The van der Waals surface area contributed by atoms with E-state index in [2.05, 4.69) is 17.2 Å². The van der Waals surface area contributed by atoms with Gasteiger partial charge in [0.05, 0.1) is 11.9 Å². The summed E-state index contributed by atoms with van der Waals surface area (Å²) in [5.74, 6) is 1.43. The van der Waals surface area contributed by atoms with Crippen molar-refractivity contribution in [3.8, 4) is 0 Å². The summed E-state index contributed by atoms with van der Waals surface area (Å²) in [5.41, 5.74) is 6.25. The van der Waals surface area contributed by atoms with Gasteiger partial charge in [-0.3, -0.25) is 4.79 Å². The lowest BCUT2D eigenvalue weighted by Crippen LogP contribution is -2.24. The molecule has 2 rings (SSSR count). The quantitative estimate of drug-likeness (QED) is 0.872. The molecule has 1 aliphatic carbocycles. The fourth-order valence-corrected chi connectivity index (χ4v) is 2.83. The summed E-state index contributed by atoms with van der Waals surface area (Å²) in [6.07, 6.45) is 8.74. The van der Waals surface area contributed by atoms with Crippen LogP contribution >= 0.6 is 12.4 Å². The number of hydrogen-bond donors (Lipinski definition) is 2. The van der Waals surface area contributed by atoms with E-state index in [1.54, 1.807) is 18.3 Å². The number of aromatic nitrogens is 1. The van der Waals surface area contributed by atoms with E-state index in [1.165, 1.54) is 25.7 Å². The van der Waals surface area contributed by atoms with Crippen molar-refractivity contribution in [2.24, 2.45) is 11.8 Å². The number of anilines is 2. The van der Waals surface area contributed by atoms with Crippen molar-refractivity contribution in [3.63, 3.8) is 0 Å². The van der Waals surface area contributed by atoms with Crippen molar-refractivity contribution in [2.45, 2.75) is 45.4 Å². The third-order valence-electron chi connectivity index (χ3n) is 4.01. The zero-order chi connectivity index (χ0) is 13.7. The molecule has 1 amide bonds. The van der Waals surface area contributed by atoms with Gasteiger partial charge in [0.15, 0.2) is 0 Å². The van der Waals surface area contributed by atoms with Crippen LogP contribution in [0.1, 0.15) is 45.4 Å². The topological polar surface area (TPSA) is 68.0 Å². The van der Waals surface area contributed by atoms with E-state index in [0.29, 0.717) is 5.82 Å². The number of carbonyl (C=O) groups excluding carboxylic acids is 1. The number of nitrogens with two attached hydrogens (primary N) is 1. The highest BCUT2D eigenvalue weighted by atomic mass is 35.5. The van der Waals surface area contributed by atoms with Gasteiger partial charge in [0, 0.05) is 5.92 Å². The highest BCUT2D eigenvalue weighted by molar-refractivity contribution is 5.92. The first-order valence-corrected chi connectivity index (χ1v) is 7.21. The minimum absolute atomic E-state index is 0. The molecular formula is C15H24ClN3O. The Kier molecular flexibility index (Phi) is 6.79. The molecule has 1 aromatic rings. The predicted octanol–water partition coefficient (Wildman–Crippen LogP) is 3.63. The summed E-state index contributed by atoms with van der Waals surface area (Å²) in [5, 5.41) is 2.94. The molecule has 0 saturated heterocycles. The summed E-state index contributed by atoms with van der Waals surface area (Å²) in [7, 11) is 0. The number of rotatable bonds is 5. The lowest BCUT2D eigenvalue weighted by Gasteiger charge is -2.18. The standard InChI is InChI=1S/C15H23N3O.ClH/c1-2-12(9-11-5-3-4-6-11)15(19)18-13-7-8-14(16)17-10-13;/h7-8,10-12H,2-6,9H2,1H3,(H2,16,17)(H,18,19);1H. The molecule has 1 aromatic heterocycles. The third kappa shape index (κ3) is 4.67. The molecule has 1 aliphatic rings. The van der Waals surface area contributed by atoms with Gasteiger partial charge >= 0.3 is 0 Å². The minimum Gasteiger partial charge on any atom is -0.384 e. The molecule has 1 atom stereocenters. The molecule has 1 fully saturated rings. The Morgan fingerprint density at radius 2 is 2.15 bits per heavy atom. The molecule has 1 heterocycles. The van der Waals surface area contributed by atoms with Crippen molar-refractivity contribution in [1.82, 2.24) is 4.98 Å². The van der Waals surface area contributed by atoms with Crippen LogP contribution in [0.2, 0.25) is 0 Å². The Bertz CT molecular complexity index is 416. The highest BCUT2D eigenvalue weighted by Gasteiger charge is 2.23. The smallest absolute Gasteiger partial charge is 0.227 e. The Hall–Kier alpha value is -1.29. The first kappa shape index (κ1) is 16.8. The first-order chi connectivity index (χ1) is 9.19. The van der Waals surface area contributed by atoms with Gasteiger partial charge in [-0.25, -0.2) is 4.98 Å². The van der Waals surface area contributed by atoms with E-state index in [9.17, 15) is 4.79 Å². The van der Waals surface area contributed by atoms with Crippen LogP contribution in [0, 0.1) is 11.8 Å². The third-order valence-corrected chi connectivity index (χ3v) is 4.01. The van der Waals surface area contributed by atoms with Gasteiger partial charge in [0.25, 0.3) is 0 Å². The monoisotopic (exact) mass is 297 g/mol. The lowest BCUT2D eigenvalue weighted by molar-refractivity contribution is -0.120. The van der Waals surface area contributed by atoms with Gasteiger partial charge in [-0.05, 0) is 30.9 Å². The predicted molar refractivity (Wildman–Crippen MR) is 84.9 cm³/mol. The van der Waals surface area contributed by atoms with Gasteiger partial charge in [-0.15, -0.1) is 12.4 Å². The molecule has 112 valence electrons. The van der Waals surface area contributed by atoms with Crippen LogP contribution in [0.5, 0.6) is 0 Å². The van der Waals surface area contributed by atoms with E-state index in [1.807, 2.05) is 0 Å². The van der Waals surface area contributed by atoms with E-state index in [0.717, 1.165) is 24.4 Å². The summed E-state index contributed by atoms with van der Waals surface area (Å²) >= 11 is 0. The summed E-state index contributed by atoms with van der Waals surface area (Å²) in [6, 6.07) is 3.50. The van der Waals surface area contributed by atoms with E-state index < -0.39 is 0 Å².